The fourth-order valence-electron chi connectivity index (χ4n) is 2.35. The Hall–Kier alpha value is 0.01000. The highest BCUT2D eigenvalue weighted by Crippen LogP contribution is 2.29. The van der Waals surface area contributed by atoms with Gasteiger partial charge in [-0.3, -0.25) is 0 Å². The lowest BCUT2D eigenvalue weighted by Gasteiger charge is -2.29. The lowest BCUT2D eigenvalue weighted by molar-refractivity contribution is 0.471. The molecule has 0 saturated carbocycles. The maximum absolute atomic E-state index is 3.52. The number of thiophene rings is 1. The van der Waals surface area contributed by atoms with Crippen molar-refractivity contribution >= 4 is 23.1 Å². The van der Waals surface area contributed by atoms with Gasteiger partial charge in [-0.25, -0.2) is 0 Å². The van der Waals surface area contributed by atoms with E-state index in [4.69, 9.17) is 0 Å². The molecule has 0 aliphatic carbocycles. The second-order valence-electron chi connectivity index (χ2n) is 4.42. The van der Waals surface area contributed by atoms with Gasteiger partial charge in [0.05, 0.1) is 0 Å². The van der Waals surface area contributed by atoms with Crippen LogP contribution in [-0.2, 0) is 6.42 Å². The minimum atomic E-state index is 0.701. The monoisotopic (exact) mass is 255 g/mol. The standard InChI is InChI=1S/C13H21NS2/c1-14-12(13-6-2-3-9-16-13)8-7-11-5-4-10-15-11/h4-5,10,12-14H,2-3,6-9H2,1H3. The van der Waals surface area contributed by atoms with E-state index < -0.39 is 0 Å². The third kappa shape index (κ3) is 3.51. The van der Waals surface area contributed by atoms with Crippen LogP contribution in [0.5, 0.6) is 0 Å². The normalized spacial score (nSPS) is 23.2. The van der Waals surface area contributed by atoms with Crippen LogP contribution in [0.4, 0.5) is 0 Å². The number of hydrogen-bond donors (Lipinski definition) is 1. The highest BCUT2D eigenvalue weighted by Gasteiger charge is 2.22. The number of aryl methyl sites for hydroxylation is 1. The highest BCUT2D eigenvalue weighted by molar-refractivity contribution is 8.00. The molecule has 1 nitrogen and oxygen atoms in total. The van der Waals surface area contributed by atoms with Crippen LogP contribution < -0.4 is 5.32 Å². The Morgan fingerprint density at radius 2 is 2.44 bits per heavy atom. The lowest BCUT2D eigenvalue weighted by Crippen LogP contribution is -2.37. The molecule has 0 bridgehead atoms. The largest absolute Gasteiger partial charge is 0.316 e. The van der Waals surface area contributed by atoms with Gasteiger partial charge < -0.3 is 5.32 Å². The summed E-state index contributed by atoms with van der Waals surface area (Å²) in [5, 5.41) is 6.54. The summed E-state index contributed by atoms with van der Waals surface area (Å²) in [6.45, 7) is 0. The molecular formula is C13H21NS2. The zero-order chi connectivity index (χ0) is 11.2. The summed E-state index contributed by atoms with van der Waals surface area (Å²) in [4.78, 5) is 1.53. The van der Waals surface area contributed by atoms with Crippen molar-refractivity contribution in [2.75, 3.05) is 12.8 Å². The zero-order valence-corrected chi connectivity index (χ0v) is 11.6. The number of nitrogens with one attached hydrogen (secondary N) is 1. The SMILES string of the molecule is CNC(CCc1cccs1)C1CCCCS1. The van der Waals surface area contributed by atoms with Gasteiger partial charge in [0, 0.05) is 16.2 Å². The first-order valence-electron chi connectivity index (χ1n) is 6.21. The highest BCUT2D eigenvalue weighted by atomic mass is 32.2. The molecule has 1 saturated heterocycles. The van der Waals surface area contributed by atoms with Crippen molar-refractivity contribution in [2.24, 2.45) is 0 Å². The molecule has 1 aliphatic rings. The average Bonchev–Trinajstić information content (AvgIpc) is 2.84. The molecule has 3 heteroatoms. The molecule has 0 radical (unpaired) electrons. The Labute approximate surface area is 107 Å². The van der Waals surface area contributed by atoms with Crippen LogP contribution in [0.15, 0.2) is 17.5 Å². The fourth-order valence-corrected chi connectivity index (χ4v) is 4.59. The fraction of sp³-hybridized carbons (Fsp3) is 0.692. The Kier molecular flexibility index (Phi) is 5.20. The van der Waals surface area contributed by atoms with E-state index in [0.717, 1.165) is 5.25 Å². The van der Waals surface area contributed by atoms with Gasteiger partial charge in [0.15, 0.2) is 0 Å². The maximum Gasteiger partial charge on any atom is 0.0201 e. The van der Waals surface area contributed by atoms with Gasteiger partial charge in [0.1, 0.15) is 0 Å². The molecule has 90 valence electrons. The zero-order valence-electron chi connectivity index (χ0n) is 9.95. The quantitative estimate of drug-likeness (QED) is 0.863. The number of hydrogen-bond acceptors (Lipinski definition) is 3. The van der Waals surface area contributed by atoms with Crippen LogP contribution in [0.25, 0.3) is 0 Å². The molecule has 1 fully saturated rings. The topological polar surface area (TPSA) is 12.0 Å². The van der Waals surface area contributed by atoms with Gasteiger partial charge in [0.2, 0.25) is 0 Å². The second-order valence-corrected chi connectivity index (χ2v) is 6.80. The lowest BCUT2D eigenvalue weighted by atomic mass is 10.0. The van der Waals surface area contributed by atoms with E-state index in [-0.39, 0.29) is 0 Å². The van der Waals surface area contributed by atoms with Crippen LogP contribution in [0.1, 0.15) is 30.6 Å². The Morgan fingerprint density at radius 3 is 3.06 bits per heavy atom. The molecule has 2 rings (SSSR count). The molecule has 0 amide bonds. The summed E-state index contributed by atoms with van der Waals surface area (Å²) in [6, 6.07) is 5.11. The molecule has 2 unspecified atom stereocenters. The summed E-state index contributed by atoms with van der Waals surface area (Å²) in [5.41, 5.74) is 0. The van der Waals surface area contributed by atoms with Gasteiger partial charge in [-0.2, -0.15) is 11.8 Å². The predicted octanol–water partition coefficient (Wildman–Crippen LogP) is 3.55. The number of thioether (sulfide) groups is 1. The van der Waals surface area contributed by atoms with Crippen LogP contribution >= 0.6 is 23.1 Å². The Balaban J connectivity index is 1.80. The smallest absolute Gasteiger partial charge is 0.0201 e. The minimum Gasteiger partial charge on any atom is -0.316 e. The third-order valence-corrected chi connectivity index (χ3v) is 5.77. The maximum atomic E-state index is 3.52. The van der Waals surface area contributed by atoms with Crippen LogP contribution in [-0.4, -0.2) is 24.1 Å². The van der Waals surface area contributed by atoms with E-state index in [0.29, 0.717) is 6.04 Å². The van der Waals surface area contributed by atoms with E-state index in [9.17, 15) is 0 Å². The van der Waals surface area contributed by atoms with E-state index in [1.165, 1.54) is 42.7 Å². The predicted molar refractivity (Wildman–Crippen MR) is 75.6 cm³/mol. The molecule has 1 aromatic rings. The average molecular weight is 255 g/mol. The summed E-state index contributed by atoms with van der Waals surface area (Å²) < 4.78 is 0. The third-order valence-electron chi connectivity index (χ3n) is 3.32. The van der Waals surface area contributed by atoms with Crippen molar-refractivity contribution in [3.05, 3.63) is 22.4 Å². The van der Waals surface area contributed by atoms with Crippen LogP contribution in [0.2, 0.25) is 0 Å². The van der Waals surface area contributed by atoms with Gasteiger partial charge in [0.25, 0.3) is 0 Å². The first kappa shape index (κ1) is 12.5. The molecular weight excluding hydrogens is 234 g/mol. The van der Waals surface area contributed by atoms with Crippen LogP contribution in [0, 0.1) is 0 Å². The summed E-state index contributed by atoms with van der Waals surface area (Å²) in [6.07, 6.45) is 6.77. The van der Waals surface area contributed by atoms with Gasteiger partial charge >= 0.3 is 0 Å². The van der Waals surface area contributed by atoms with Crippen molar-refractivity contribution in [3.63, 3.8) is 0 Å². The summed E-state index contributed by atoms with van der Waals surface area (Å²) >= 11 is 4.06. The van der Waals surface area contributed by atoms with Crippen LogP contribution in [0.3, 0.4) is 0 Å². The van der Waals surface area contributed by atoms with Crippen molar-refractivity contribution in [1.29, 1.82) is 0 Å². The van der Waals surface area contributed by atoms with Gasteiger partial charge in [-0.1, -0.05) is 12.5 Å². The first-order valence-corrected chi connectivity index (χ1v) is 8.14. The van der Waals surface area contributed by atoms with E-state index in [1.54, 1.807) is 0 Å². The summed E-state index contributed by atoms with van der Waals surface area (Å²) in [7, 11) is 2.12. The minimum absolute atomic E-state index is 0.701. The van der Waals surface area contributed by atoms with E-state index in [1.807, 2.05) is 11.3 Å². The first-order chi connectivity index (χ1) is 7.90. The summed E-state index contributed by atoms with van der Waals surface area (Å²) in [5.74, 6) is 1.36. The van der Waals surface area contributed by atoms with Crippen molar-refractivity contribution < 1.29 is 0 Å². The molecule has 1 N–H and O–H groups in total. The Morgan fingerprint density at radius 1 is 1.50 bits per heavy atom. The molecule has 2 atom stereocenters. The number of rotatable bonds is 5. The molecule has 0 aromatic carbocycles. The van der Waals surface area contributed by atoms with Gasteiger partial charge in [-0.15, -0.1) is 11.3 Å². The molecule has 1 aliphatic heterocycles. The van der Waals surface area contributed by atoms with Crippen molar-refractivity contribution in [1.82, 2.24) is 5.32 Å². The molecule has 2 heterocycles. The molecule has 16 heavy (non-hydrogen) atoms. The van der Waals surface area contributed by atoms with Crippen molar-refractivity contribution in [2.45, 2.75) is 43.4 Å². The molecule has 0 spiro atoms. The van der Waals surface area contributed by atoms with E-state index in [2.05, 4.69) is 41.6 Å². The Bertz CT molecular complexity index is 278. The van der Waals surface area contributed by atoms with Crippen molar-refractivity contribution in [3.8, 4) is 0 Å². The second kappa shape index (κ2) is 6.67. The van der Waals surface area contributed by atoms with Gasteiger partial charge in [-0.05, 0) is 49.9 Å². The molecule has 1 aromatic heterocycles. The van der Waals surface area contributed by atoms with E-state index >= 15 is 0 Å².